The molecule has 26 heavy (non-hydrogen) atoms. The molecule has 1 amide bonds. The number of hydrogen-bond acceptors (Lipinski definition) is 5. The Balaban J connectivity index is 1.50. The lowest BCUT2D eigenvalue weighted by Crippen LogP contribution is -2.33. The summed E-state index contributed by atoms with van der Waals surface area (Å²) in [6.45, 7) is 2.38. The van der Waals surface area contributed by atoms with Crippen molar-refractivity contribution < 1.29 is 4.79 Å². The van der Waals surface area contributed by atoms with Gasteiger partial charge >= 0.3 is 0 Å². The van der Waals surface area contributed by atoms with Gasteiger partial charge in [0.2, 0.25) is 5.91 Å². The number of hydrogen-bond donors (Lipinski definition) is 1. The van der Waals surface area contributed by atoms with E-state index >= 15 is 0 Å². The molecule has 134 valence electrons. The molecule has 0 atom stereocenters. The van der Waals surface area contributed by atoms with Crippen LogP contribution in [0.2, 0.25) is 0 Å². The molecule has 7 heteroatoms. The number of nitrogens with one attached hydrogen (secondary N) is 1. The number of rotatable bonds is 7. The van der Waals surface area contributed by atoms with Gasteiger partial charge in [-0.1, -0.05) is 37.3 Å². The van der Waals surface area contributed by atoms with Crippen LogP contribution in [0.3, 0.4) is 0 Å². The van der Waals surface area contributed by atoms with Gasteiger partial charge in [0.25, 0.3) is 5.56 Å². The average Bonchev–Trinajstić information content (AvgIpc) is 3.13. The highest BCUT2D eigenvalue weighted by atomic mass is 32.1. The van der Waals surface area contributed by atoms with Gasteiger partial charge in [-0.3, -0.25) is 14.2 Å². The van der Waals surface area contributed by atoms with Crippen LogP contribution in [0.15, 0.2) is 52.9 Å². The lowest BCUT2D eigenvalue weighted by atomic mass is 10.2. The van der Waals surface area contributed by atoms with Crippen molar-refractivity contribution in [3.63, 3.8) is 0 Å². The first-order valence-electron chi connectivity index (χ1n) is 8.47. The third-order valence-electron chi connectivity index (χ3n) is 3.89. The normalized spacial score (nSPS) is 10.7. The summed E-state index contributed by atoms with van der Waals surface area (Å²) in [5.41, 5.74) is 2.55. The van der Waals surface area contributed by atoms with Crippen molar-refractivity contribution >= 4 is 17.2 Å². The summed E-state index contributed by atoms with van der Waals surface area (Å²) < 4.78 is 1.31. The number of nitrogens with zero attached hydrogens (tertiary/aromatic N) is 3. The molecular formula is C19H20N4O2S. The van der Waals surface area contributed by atoms with Crippen LogP contribution in [0.4, 0.5) is 0 Å². The average molecular weight is 368 g/mol. The fourth-order valence-electron chi connectivity index (χ4n) is 2.45. The van der Waals surface area contributed by atoms with E-state index in [9.17, 15) is 9.59 Å². The second kappa shape index (κ2) is 8.53. The van der Waals surface area contributed by atoms with E-state index < -0.39 is 0 Å². The zero-order valence-electron chi connectivity index (χ0n) is 14.5. The van der Waals surface area contributed by atoms with E-state index in [1.54, 1.807) is 11.3 Å². The third-order valence-corrected chi connectivity index (χ3v) is 4.83. The van der Waals surface area contributed by atoms with Crippen molar-refractivity contribution in [3.8, 4) is 10.6 Å². The molecule has 0 unspecified atom stereocenters. The Morgan fingerprint density at radius 1 is 1.23 bits per heavy atom. The Kier molecular flexibility index (Phi) is 5.91. The van der Waals surface area contributed by atoms with Gasteiger partial charge in [-0.05, 0) is 6.42 Å². The highest BCUT2D eigenvalue weighted by Crippen LogP contribution is 2.23. The van der Waals surface area contributed by atoms with Crippen LogP contribution < -0.4 is 10.9 Å². The number of benzene rings is 1. The quantitative estimate of drug-likeness (QED) is 0.694. The summed E-state index contributed by atoms with van der Waals surface area (Å²) in [6.07, 6.45) is 2.77. The fourth-order valence-corrected chi connectivity index (χ4v) is 3.31. The maximum Gasteiger partial charge on any atom is 0.253 e. The van der Waals surface area contributed by atoms with Gasteiger partial charge < -0.3 is 5.32 Å². The van der Waals surface area contributed by atoms with E-state index in [0.29, 0.717) is 19.4 Å². The second-order valence-electron chi connectivity index (χ2n) is 5.81. The predicted molar refractivity (Wildman–Crippen MR) is 102 cm³/mol. The number of carbonyl (C=O) groups excluding carboxylic acids is 1. The molecule has 0 aliphatic rings. The first kappa shape index (κ1) is 18.0. The van der Waals surface area contributed by atoms with Gasteiger partial charge in [-0.25, -0.2) is 9.97 Å². The lowest BCUT2D eigenvalue weighted by Gasteiger charge is -2.07. The molecular weight excluding hydrogens is 348 g/mol. The standard InChI is InChI=1S/C19H20N4O2S/c1-2-15-10-18(25)23(13-21-15)11-17(24)20-9-8-16-12-26-19(22-16)14-6-4-3-5-7-14/h3-7,10,12-13H,2,8-9,11H2,1H3,(H,20,24). The number of carbonyl (C=O) groups is 1. The molecule has 3 rings (SSSR count). The van der Waals surface area contributed by atoms with Gasteiger partial charge in [0.1, 0.15) is 11.6 Å². The van der Waals surface area contributed by atoms with Crippen molar-refractivity contribution in [3.05, 3.63) is 69.8 Å². The molecule has 1 aromatic carbocycles. The Labute approximate surface area is 155 Å². The zero-order valence-corrected chi connectivity index (χ0v) is 15.3. The number of aryl methyl sites for hydroxylation is 1. The van der Waals surface area contributed by atoms with Crippen molar-refractivity contribution in [2.24, 2.45) is 0 Å². The summed E-state index contributed by atoms with van der Waals surface area (Å²) >= 11 is 1.59. The van der Waals surface area contributed by atoms with Gasteiger partial charge in [0.15, 0.2) is 0 Å². The van der Waals surface area contributed by atoms with Crippen LogP contribution in [-0.4, -0.2) is 27.0 Å². The van der Waals surface area contributed by atoms with Crippen LogP contribution in [0.1, 0.15) is 18.3 Å². The summed E-state index contributed by atoms with van der Waals surface area (Å²) in [6, 6.07) is 11.5. The SMILES string of the molecule is CCc1cc(=O)n(CC(=O)NCCc2csc(-c3ccccc3)n2)cn1. The van der Waals surface area contributed by atoms with E-state index in [4.69, 9.17) is 0 Å². The smallest absolute Gasteiger partial charge is 0.253 e. The summed E-state index contributed by atoms with van der Waals surface area (Å²) in [4.78, 5) is 32.7. The fraction of sp³-hybridized carbons (Fsp3) is 0.263. The molecule has 1 N–H and O–H groups in total. The number of amides is 1. The minimum atomic E-state index is -0.211. The Morgan fingerprint density at radius 3 is 2.77 bits per heavy atom. The lowest BCUT2D eigenvalue weighted by molar-refractivity contribution is -0.121. The molecule has 0 bridgehead atoms. The molecule has 0 saturated carbocycles. The van der Waals surface area contributed by atoms with Crippen molar-refractivity contribution in [2.45, 2.75) is 26.3 Å². The molecule has 2 aromatic heterocycles. The monoisotopic (exact) mass is 368 g/mol. The summed E-state index contributed by atoms with van der Waals surface area (Å²) in [5, 5.41) is 5.80. The molecule has 0 saturated heterocycles. The third kappa shape index (κ3) is 4.64. The summed E-state index contributed by atoms with van der Waals surface area (Å²) in [5.74, 6) is -0.211. The molecule has 0 radical (unpaired) electrons. The molecule has 6 nitrogen and oxygen atoms in total. The maximum atomic E-state index is 12.0. The van der Waals surface area contributed by atoms with Crippen LogP contribution in [-0.2, 0) is 24.2 Å². The number of thiazole rings is 1. The maximum absolute atomic E-state index is 12.0. The Bertz CT molecular complexity index is 934. The molecule has 3 aromatic rings. The minimum Gasteiger partial charge on any atom is -0.354 e. The van der Waals surface area contributed by atoms with Crippen LogP contribution in [0.5, 0.6) is 0 Å². The molecule has 0 spiro atoms. The second-order valence-corrected chi connectivity index (χ2v) is 6.67. The van der Waals surface area contributed by atoms with Gasteiger partial charge in [0, 0.05) is 35.7 Å². The van der Waals surface area contributed by atoms with Gasteiger partial charge in [0.05, 0.1) is 12.0 Å². The number of aromatic nitrogens is 3. The van der Waals surface area contributed by atoms with E-state index in [1.165, 1.54) is 17.0 Å². The highest BCUT2D eigenvalue weighted by molar-refractivity contribution is 7.13. The Hall–Kier alpha value is -2.80. The first-order valence-corrected chi connectivity index (χ1v) is 9.35. The molecule has 0 fully saturated rings. The molecule has 0 aliphatic carbocycles. The summed E-state index contributed by atoms with van der Waals surface area (Å²) in [7, 11) is 0. The van der Waals surface area contributed by atoms with E-state index in [2.05, 4.69) is 15.3 Å². The highest BCUT2D eigenvalue weighted by Gasteiger charge is 2.07. The van der Waals surface area contributed by atoms with Gasteiger partial charge in [-0.15, -0.1) is 11.3 Å². The van der Waals surface area contributed by atoms with Crippen LogP contribution in [0, 0.1) is 0 Å². The van der Waals surface area contributed by atoms with E-state index in [-0.39, 0.29) is 18.0 Å². The first-order chi connectivity index (χ1) is 12.7. The molecule has 0 aliphatic heterocycles. The van der Waals surface area contributed by atoms with Gasteiger partial charge in [-0.2, -0.15) is 0 Å². The van der Waals surface area contributed by atoms with Crippen LogP contribution in [0.25, 0.3) is 10.6 Å². The van der Waals surface area contributed by atoms with Crippen molar-refractivity contribution in [1.29, 1.82) is 0 Å². The predicted octanol–water partition coefficient (Wildman–Crippen LogP) is 2.29. The largest absolute Gasteiger partial charge is 0.354 e. The van der Waals surface area contributed by atoms with Crippen molar-refractivity contribution in [1.82, 2.24) is 19.9 Å². The topological polar surface area (TPSA) is 76.9 Å². The van der Waals surface area contributed by atoms with Crippen molar-refractivity contribution in [2.75, 3.05) is 6.54 Å². The van der Waals surface area contributed by atoms with E-state index in [1.807, 2.05) is 42.6 Å². The molecule has 2 heterocycles. The van der Waals surface area contributed by atoms with E-state index in [0.717, 1.165) is 22.0 Å². The Morgan fingerprint density at radius 2 is 2.04 bits per heavy atom. The van der Waals surface area contributed by atoms with Crippen LogP contribution >= 0.6 is 11.3 Å². The minimum absolute atomic E-state index is 0.0256. The zero-order chi connectivity index (χ0) is 18.4.